The second-order valence-electron chi connectivity index (χ2n) is 6.99. The Bertz CT molecular complexity index is 1220. The minimum Gasteiger partial charge on any atom is -0.497 e. The number of carbonyl (C=O) groups excluding carboxylic acids is 1. The van der Waals surface area contributed by atoms with Crippen LogP contribution in [0.1, 0.15) is 21.5 Å². The number of para-hydroxylation sites is 1. The summed E-state index contributed by atoms with van der Waals surface area (Å²) in [5.41, 5.74) is 3.93. The third-order valence-corrected chi connectivity index (χ3v) is 6.23. The highest BCUT2D eigenvalue weighted by Crippen LogP contribution is 2.45. The maximum absolute atomic E-state index is 13.0. The fourth-order valence-electron chi connectivity index (χ4n) is 3.31. The Morgan fingerprint density at radius 3 is 2.32 bits per heavy atom. The monoisotopic (exact) mass is 424 g/mol. The number of ether oxygens (including phenoxy) is 1. The van der Waals surface area contributed by atoms with Gasteiger partial charge in [0.2, 0.25) is 0 Å². The molecule has 0 amide bonds. The van der Waals surface area contributed by atoms with E-state index in [9.17, 15) is 4.79 Å². The van der Waals surface area contributed by atoms with E-state index in [4.69, 9.17) is 10.00 Å². The molecule has 0 N–H and O–H groups in total. The van der Waals surface area contributed by atoms with Gasteiger partial charge in [-0.25, -0.2) is 0 Å². The van der Waals surface area contributed by atoms with Gasteiger partial charge in [0.1, 0.15) is 5.75 Å². The normalized spacial score (nSPS) is 14.3. The van der Waals surface area contributed by atoms with Crippen LogP contribution < -0.4 is 9.64 Å². The zero-order valence-corrected chi connectivity index (χ0v) is 18.0. The number of rotatable bonds is 5. The molecule has 0 aliphatic carbocycles. The molecule has 1 aliphatic heterocycles. The largest absolute Gasteiger partial charge is 0.497 e. The fourth-order valence-corrected chi connectivity index (χ4v) is 4.41. The molecule has 31 heavy (non-hydrogen) atoms. The van der Waals surface area contributed by atoms with Crippen molar-refractivity contribution in [3.05, 3.63) is 107 Å². The van der Waals surface area contributed by atoms with Gasteiger partial charge < -0.3 is 9.64 Å². The van der Waals surface area contributed by atoms with Gasteiger partial charge in [-0.1, -0.05) is 36.0 Å². The van der Waals surface area contributed by atoms with E-state index in [1.807, 2.05) is 49.5 Å². The van der Waals surface area contributed by atoms with Crippen molar-refractivity contribution in [3.8, 4) is 11.8 Å². The molecule has 3 aromatic rings. The molecule has 0 fully saturated rings. The lowest BCUT2D eigenvalue weighted by Crippen LogP contribution is -2.09. The first-order valence-electron chi connectivity index (χ1n) is 9.72. The van der Waals surface area contributed by atoms with Gasteiger partial charge in [-0.2, -0.15) is 5.26 Å². The van der Waals surface area contributed by atoms with Gasteiger partial charge in [-0.3, -0.25) is 4.79 Å². The fraction of sp³-hybridized carbons (Fsp3) is 0.0769. The first kappa shape index (κ1) is 20.5. The highest BCUT2D eigenvalue weighted by atomic mass is 32.2. The zero-order chi connectivity index (χ0) is 21.8. The molecule has 0 bridgehead atoms. The van der Waals surface area contributed by atoms with Gasteiger partial charge in [0, 0.05) is 17.5 Å². The minimum absolute atomic E-state index is 0.115. The van der Waals surface area contributed by atoms with Crippen molar-refractivity contribution in [1.82, 2.24) is 0 Å². The lowest BCUT2D eigenvalue weighted by Gasteiger charge is -2.14. The van der Waals surface area contributed by atoms with Crippen LogP contribution in [0.5, 0.6) is 5.75 Å². The summed E-state index contributed by atoms with van der Waals surface area (Å²) in [5.74, 6) is 0.643. The number of fused-ring (bicyclic) bond motifs is 1. The van der Waals surface area contributed by atoms with E-state index < -0.39 is 0 Å². The molecule has 0 aromatic heterocycles. The Kier molecular flexibility index (Phi) is 5.92. The number of benzene rings is 3. The smallest absolute Gasteiger partial charge is 0.186 e. The summed E-state index contributed by atoms with van der Waals surface area (Å²) in [4.78, 5) is 16.3. The van der Waals surface area contributed by atoms with Crippen LogP contribution in [0.15, 0.2) is 94.9 Å². The number of thioether (sulfide) groups is 1. The number of anilines is 1. The molecule has 1 aliphatic rings. The maximum atomic E-state index is 13.0. The highest BCUT2D eigenvalue weighted by Gasteiger charge is 2.22. The summed E-state index contributed by atoms with van der Waals surface area (Å²) >= 11 is 1.68. The summed E-state index contributed by atoms with van der Waals surface area (Å²) in [6, 6.07) is 24.6. The number of carbonyl (C=O) groups is 1. The number of nitriles is 1. The molecule has 152 valence electrons. The number of allylic oxidation sites excluding steroid dienone is 3. The van der Waals surface area contributed by atoms with Gasteiger partial charge in [-0.15, -0.1) is 0 Å². The first-order chi connectivity index (χ1) is 15.1. The van der Waals surface area contributed by atoms with E-state index in [-0.39, 0.29) is 5.78 Å². The number of hydrogen-bond acceptors (Lipinski definition) is 5. The number of methoxy groups -OCH3 is 1. The lowest BCUT2D eigenvalue weighted by atomic mass is 10.0. The molecule has 4 nitrogen and oxygen atoms in total. The predicted octanol–water partition coefficient (Wildman–Crippen LogP) is 5.92. The maximum Gasteiger partial charge on any atom is 0.186 e. The molecule has 5 heteroatoms. The van der Waals surface area contributed by atoms with Crippen LogP contribution >= 0.6 is 11.8 Å². The van der Waals surface area contributed by atoms with E-state index in [2.05, 4.69) is 23.1 Å². The molecule has 0 atom stereocenters. The van der Waals surface area contributed by atoms with E-state index >= 15 is 0 Å². The molecule has 0 spiro atoms. The van der Waals surface area contributed by atoms with E-state index in [1.165, 1.54) is 4.90 Å². The molecule has 4 rings (SSSR count). The van der Waals surface area contributed by atoms with Crippen molar-refractivity contribution >= 4 is 28.8 Å². The summed E-state index contributed by atoms with van der Waals surface area (Å²) in [6.07, 6.45) is 3.68. The Balaban J connectivity index is 1.73. The summed E-state index contributed by atoms with van der Waals surface area (Å²) in [7, 11) is 3.66. The number of nitrogens with zero attached hydrogens (tertiary/aromatic N) is 2. The molecule has 0 saturated carbocycles. The van der Waals surface area contributed by atoms with Gasteiger partial charge >= 0.3 is 0 Å². The quantitative estimate of drug-likeness (QED) is 0.376. The number of hydrogen-bond donors (Lipinski definition) is 0. The summed E-state index contributed by atoms with van der Waals surface area (Å²) in [6.45, 7) is 0. The van der Waals surface area contributed by atoms with Crippen molar-refractivity contribution in [1.29, 1.82) is 5.26 Å². The van der Waals surface area contributed by atoms with E-state index in [0.29, 0.717) is 11.1 Å². The van der Waals surface area contributed by atoms with Crippen LogP contribution in [0, 0.1) is 11.3 Å². The standard InChI is InChI=1S/C26H20N2O2S/c1-28-23-5-3-4-6-25(23)31-26(28)16-21(19-11-13-22(30-2)14-12-19)15-24(29)20-9-7-18(17-27)8-10-20/h3-16H,1-2H3/b21-15+,26-16-. The molecular formula is C26H20N2O2S. The molecule has 1 heterocycles. The van der Waals surface area contributed by atoms with Crippen LogP contribution in [0.25, 0.3) is 5.57 Å². The van der Waals surface area contributed by atoms with Crippen molar-refractivity contribution in [2.45, 2.75) is 4.90 Å². The van der Waals surface area contributed by atoms with E-state index in [0.717, 1.165) is 27.6 Å². The first-order valence-corrected chi connectivity index (χ1v) is 10.5. The second kappa shape index (κ2) is 8.95. The number of ketones is 1. The molecule has 0 saturated heterocycles. The third-order valence-electron chi connectivity index (χ3n) is 5.06. The van der Waals surface area contributed by atoms with Crippen LogP contribution in [0.3, 0.4) is 0 Å². The topological polar surface area (TPSA) is 53.3 Å². The molecule has 3 aromatic carbocycles. The van der Waals surface area contributed by atoms with Gasteiger partial charge in [0.25, 0.3) is 0 Å². The van der Waals surface area contributed by atoms with Crippen molar-refractivity contribution in [2.75, 3.05) is 19.1 Å². The predicted molar refractivity (Wildman–Crippen MR) is 125 cm³/mol. The van der Waals surface area contributed by atoms with Crippen molar-refractivity contribution < 1.29 is 9.53 Å². The Labute approximate surface area is 186 Å². The van der Waals surface area contributed by atoms with Crippen LogP contribution in [-0.4, -0.2) is 19.9 Å². The molecule has 0 unspecified atom stereocenters. The average molecular weight is 425 g/mol. The third kappa shape index (κ3) is 4.40. The zero-order valence-electron chi connectivity index (χ0n) is 17.2. The SMILES string of the molecule is COc1ccc(C(/C=C2\Sc3ccccc3N2C)=C/C(=O)c2ccc(C#N)cc2)cc1. The summed E-state index contributed by atoms with van der Waals surface area (Å²) < 4.78 is 5.27. The minimum atomic E-state index is -0.115. The average Bonchev–Trinajstić information content (AvgIpc) is 3.14. The second-order valence-corrected chi connectivity index (χ2v) is 8.06. The van der Waals surface area contributed by atoms with Gasteiger partial charge in [-0.05, 0) is 71.8 Å². The van der Waals surface area contributed by atoms with Crippen LogP contribution in [-0.2, 0) is 0 Å². The Hall–Kier alpha value is -3.75. The van der Waals surface area contributed by atoms with Crippen LogP contribution in [0.4, 0.5) is 5.69 Å². The lowest BCUT2D eigenvalue weighted by molar-refractivity contribution is 0.104. The molecular weight excluding hydrogens is 404 g/mol. The summed E-state index contributed by atoms with van der Waals surface area (Å²) in [5, 5.41) is 10.0. The van der Waals surface area contributed by atoms with Gasteiger partial charge in [0.05, 0.1) is 29.5 Å². The highest BCUT2D eigenvalue weighted by molar-refractivity contribution is 8.03. The van der Waals surface area contributed by atoms with Crippen molar-refractivity contribution in [3.63, 3.8) is 0 Å². The van der Waals surface area contributed by atoms with E-state index in [1.54, 1.807) is 49.2 Å². The Morgan fingerprint density at radius 1 is 1.00 bits per heavy atom. The van der Waals surface area contributed by atoms with Crippen LogP contribution in [0.2, 0.25) is 0 Å². The Morgan fingerprint density at radius 2 is 1.68 bits per heavy atom. The van der Waals surface area contributed by atoms with Crippen molar-refractivity contribution in [2.24, 2.45) is 0 Å². The molecule has 0 radical (unpaired) electrons. The van der Waals surface area contributed by atoms with Gasteiger partial charge in [0.15, 0.2) is 5.78 Å².